The SMILES string of the molecule is CCOC(=O)Cc1c(C=O)[nH]c(C(=O)OCC)c1CC(CC)C(=O)Oc1c(C=O)ccc2ccccc12. The van der Waals surface area contributed by atoms with E-state index in [0.29, 0.717) is 29.9 Å². The summed E-state index contributed by atoms with van der Waals surface area (Å²) >= 11 is 0. The van der Waals surface area contributed by atoms with Crippen LogP contribution >= 0.6 is 0 Å². The first-order chi connectivity index (χ1) is 17.9. The lowest BCUT2D eigenvalue weighted by Crippen LogP contribution is -2.24. The molecule has 0 saturated heterocycles. The smallest absolute Gasteiger partial charge is 0.355 e. The number of aromatic nitrogens is 1. The summed E-state index contributed by atoms with van der Waals surface area (Å²) in [5, 5.41) is 1.40. The molecule has 1 N–H and O–H groups in total. The lowest BCUT2D eigenvalue weighted by molar-refractivity contribution is -0.142. The van der Waals surface area contributed by atoms with Gasteiger partial charge in [-0.2, -0.15) is 0 Å². The normalized spacial score (nSPS) is 11.5. The number of rotatable bonds is 12. The number of aromatic amines is 1. The zero-order valence-electron chi connectivity index (χ0n) is 21.0. The summed E-state index contributed by atoms with van der Waals surface area (Å²) in [7, 11) is 0. The number of aldehydes is 2. The van der Waals surface area contributed by atoms with Crippen molar-refractivity contribution in [2.24, 2.45) is 5.92 Å². The van der Waals surface area contributed by atoms with E-state index >= 15 is 0 Å². The monoisotopic (exact) mass is 507 g/mol. The number of carbonyl (C=O) groups is 5. The van der Waals surface area contributed by atoms with Crippen LogP contribution in [0.3, 0.4) is 0 Å². The van der Waals surface area contributed by atoms with Crippen molar-refractivity contribution in [3.8, 4) is 5.75 Å². The Morgan fingerprint density at radius 3 is 2.30 bits per heavy atom. The van der Waals surface area contributed by atoms with Crippen molar-refractivity contribution < 1.29 is 38.2 Å². The van der Waals surface area contributed by atoms with Crippen molar-refractivity contribution in [3.63, 3.8) is 0 Å². The van der Waals surface area contributed by atoms with Crippen LogP contribution in [-0.4, -0.2) is 48.7 Å². The second-order valence-electron chi connectivity index (χ2n) is 8.24. The Kier molecular flexibility index (Phi) is 9.32. The van der Waals surface area contributed by atoms with Crippen LogP contribution in [0, 0.1) is 5.92 Å². The Balaban J connectivity index is 2.01. The largest absolute Gasteiger partial charge is 0.466 e. The van der Waals surface area contributed by atoms with Gasteiger partial charge in [-0.1, -0.05) is 37.3 Å². The second kappa shape index (κ2) is 12.6. The number of esters is 3. The summed E-state index contributed by atoms with van der Waals surface area (Å²) in [6.07, 6.45) is 1.17. The third-order valence-electron chi connectivity index (χ3n) is 5.99. The molecule has 0 saturated carbocycles. The highest BCUT2D eigenvalue weighted by Gasteiger charge is 2.30. The quantitative estimate of drug-likeness (QED) is 0.219. The minimum atomic E-state index is -0.761. The number of nitrogens with one attached hydrogen (secondary N) is 1. The zero-order valence-corrected chi connectivity index (χ0v) is 21.0. The van der Waals surface area contributed by atoms with Gasteiger partial charge in [0.05, 0.1) is 36.8 Å². The highest BCUT2D eigenvalue weighted by Crippen LogP contribution is 2.31. The molecule has 0 bridgehead atoms. The Labute approximate surface area is 214 Å². The van der Waals surface area contributed by atoms with Crippen LogP contribution in [0.1, 0.15) is 69.7 Å². The third-order valence-corrected chi connectivity index (χ3v) is 5.99. The fraction of sp³-hybridized carbons (Fsp3) is 0.321. The van der Waals surface area contributed by atoms with E-state index < -0.39 is 23.8 Å². The number of fused-ring (bicyclic) bond motifs is 1. The molecule has 194 valence electrons. The van der Waals surface area contributed by atoms with Crippen molar-refractivity contribution in [1.29, 1.82) is 0 Å². The summed E-state index contributed by atoms with van der Waals surface area (Å²) < 4.78 is 15.9. The van der Waals surface area contributed by atoms with Gasteiger partial charge in [0.15, 0.2) is 12.6 Å². The van der Waals surface area contributed by atoms with E-state index in [0.717, 1.165) is 5.39 Å². The topological polar surface area (TPSA) is 129 Å². The van der Waals surface area contributed by atoms with E-state index in [9.17, 15) is 24.0 Å². The average molecular weight is 508 g/mol. The van der Waals surface area contributed by atoms with E-state index in [4.69, 9.17) is 14.2 Å². The van der Waals surface area contributed by atoms with Gasteiger partial charge in [0.1, 0.15) is 11.4 Å². The van der Waals surface area contributed by atoms with Gasteiger partial charge in [0.25, 0.3) is 0 Å². The van der Waals surface area contributed by atoms with E-state index in [1.165, 1.54) is 0 Å². The van der Waals surface area contributed by atoms with Crippen LogP contribution in [0.15, 0.2) is 36.4 Å². The molecule has 1 aromatic heterocycles. The summed E-state index contributed by atoms with van der Waals surface area (Å²) in [6.45, 7) is 5.31. The fourth-order valence-electron chi connectivity index (χ4n) is 4.15. The summed E-state index contributed by atoms with van der Waals surface area (Å²) in [4.78, 5) is 64.5. The lowest BCUT2D eigenvalue weighted by atomic mass is 9.92. The molecule has 3 rings (SSSR count). The van der Waals surface area contributed by atoms with Crippen molar-refractivity contribution in [3.05, 3.63) is 64.5 Å². The van der Waals surface area contributed by atoms with Crippen molar-refractivity contribution >= 4 is 41.3 Å². The minimum Gasteiger partial charge on any atom is -0.466 e. The van der Waals surface area contributed by atoms with Gasteiger partial charge in [-0.3, -0.25) is 19.2 Å². The molecule has 0 aliphatic rings. The standard InChI is InChI=1S/C28H29NO8/c1-4-17(27(33)37-26-19(15-30)12-11-18-9-7-8-10-20(18)26)13-22-21(14-24(32)35-5-2)23(16-31)29-25(22)28(34)36-6-3/h7-12,15-17,29H,4-6,13-14H2,1-3H3. The summed E-state index contributed by atoms with van der Waals surface area (Å²) in [5.74, 6) is -2.52. The molecule has 0 radical (unpaired) electrons. The number of benzene rings is 2. The molecule has 37 heavy (non-hydrogen) atoms. The first kappa shape index (κ1) is 27.3. The van der Waals surface area contributed by atoms with Crippen LogP contribution in [-0.2, 0) is 31.9 Å². The number of carbonyl (C=O) groups excluding carboxylic acids is 5. The minimum absolute atomic E-state index is 0.00626. The van der Waals surface area contributed by atoms with Gasteiger partial charge in [-0.25, -0.2) is 4.79 Å². The Morgan fingerprint density at radius 1 is 0.919 bits per heavy atom. The Hall–Kier alpha value is -4.27. The second-order valence-corrected chi connectivity index (χ2v) is 8.24. The predicted molar refractivity (Wildman–Crippen MR) is 135 cm³/mol. The van der Waals surface area contributed by atoms with Gasteiger partial charge in [0.2, 0.25) is 0 Å². The molecular weight excluding hydrogens is 478 g/mol. The lowest BCUT2D eigenvalue weighted by Gasteiger charge is -2.17. The molecule has 1 heterocycles. The Morgan fingerprint density at radius 2 is 1.65 bits per heavy atom. The van der Waals surface area contributed by atoms with Crippen LogP contribution in [0.2, 0.25) is 0 Å². The average Bonchev–Trinajstić information content (AvgIpc) is 3.24. The first-order valence-corrected chi connectivity index (χ1v) is 12.1. The van der Waals surface area contributed by atoms with Gasteiger partial charge in [-0.15, -0.1) is 0 Å². The van der Waals surface area contributed by atoms with E-state index in [1.54, 1.807) is 45.0 Å². The van der Waals surface area contributed by atoms with Crippen LogP contribution in [0.4, 0.5) is 0 Å². The number of hydrogen-bond acceptors (Lipinski definition) is 8. The van der Waals surface area contributed by atoms with Crippen molar-refractivity contribution in [2.45, 2.75) is 40.0 Å². The molecule has 0 fully saturated rings. The summed E-state index contributed by atoms with van der Waals surface area (Å²) in [5.41, 5.74) is 0.828. The van der Waals surface area contributed by atoms with Crippen LogP contribution in [0.5, 0.6) is 5.75 Å². The molecule has 3 aromatic rings. The zero-order chi connectivity index (χ0) is 26.9. The first-order valence-electron chi connectivity index (χ1n) is 12.1. The molecule has 9 heteroatoms. The molecule has 9 nitrogen and oxygen atoms in total. The Bertz CT molecular complexity index is 1320. The summed E-state index contributed by atoms with van der Waals surface area (Å²) in [6, 6.07) is 10.6. The fourth-order valence-corrected chi connectivity index (χ4v) is 4.15. The van der Waals surface area contributed by atoms with Gasteiger partial charge < -0.3 is 19.2 Å². The molecule has 2 aromatic carbocycles. The van der Waals surface area contributed by atoms with Crippen LogP contribution in [0.25, 0.3) is 10.8 Å². The molecule has 0 aliphatic carbocycles. The third kappa shape index (κ3) is 6.11. The van der Waals surface area contributed by atoms with Gasteiger partial charge in [-0.05, 0) is 49.3 Å². The number of ether oxygens (including phenoxy) is 3. The molecule has 1 atom stereocenters. The van der Waals surface area contributed by atoms with Gasteiger partial charge >= 0.3 is 17.9 Å². The maximum absolute atomic E-state index is 13.4. The molecule has 0 amide bonds. The molecule has 0 aliphatic heterocycles. The molecule has 0 spiro atoms. The maximum atomic E-state index is 13.4. The van der Waals surface area contributed by atoms with E-state index in [2.05, 4.69) is 4.98 Å². The molecule has 1 unspecified atom stereocenters. The molecular formula is C28H29NO8. The van der Waals surface area contributed by atoms with Crippen molar-refractivity contribution in [1.82, 2.24) is 4.98 Å². The maximum Gasteiger partial charge on any atom is 0.355 e. The number of H-pyrrole nitrogens is 1. The van der Waals surface area contributed by atoms with Crippen LogP contribution < -0.4 is 4.74 Å². The van der Waals surface area contributed by atoms with Crippen molar-refractivity contribution in [2.75, 3.05) is 13.2 Å². The predicted octanol–water partition coefficient (Wildman–Crippen LogP) is 4.25. The van der Waals surface area contributed by atoms with Gasteiger partial charge in [0, 0.05) is 5.39 Å². The highest BCUT2D eigenvalue weighted by molar-refractivity contribution is 5.98. The number of hydrogen-bond donors (Lipinski definition) is 1. The highest BCUT2D eigenvalue weighted by atomic mass is 16.5. The van der Waals surface area contributed by atoms with E-state index in [-0.39, 0.29) is 54.3 Å². The van der Waals surface area contributed by atoms with E-state index in [1.807, 2.05) is 12.1 Å².